The Kier molecular flexibility index (Phi) is 3.25. The fourth-order valence-corrected chi connectivity index (χ4v) is 2.25. The second-order valence-electron chi connectivity index (χ2n) is 4.67. The van der Waals surface area contributed by atoms with Gasteiger partial charge in [-0.2, -0.15) is 4.52 Å². The Bertz CT molecular complexity index is 759. The van der Waals surface area contributed by atoms with Gasteiger partial charge in [-0.05, 0) is 41.8 Å². The number of hydrogen-bond donors (Lipinski definition) is 0. The molecule has 2 aromatic heterocycles. The molecule has 0 aliphatic heterocycles. The van der Waals surface area contributed by atoms with Crippen molar-refractivity contribution in [1.82, 2.24) is 25.0 Å². The highest BCUT2D eigenvalue weighted by Gasteiger charge is 2.09. The average molecular weight is 265 g/mol. The number of nitrogens with zero attached hydrogens (tertiary/aromatic N) is 5. The van der Waals surface area contributed by atoms with Crippen LogP contribution in [0.15, 0.2) is 36.4 Å². The molecular weight excluding hydrogens is 250 g/mol. The minimum absolute atomic E-state index is 0.552. The third-order valence-corrected chi connectivity index (χ3v) is 3.34. The first-order chi connectivity index (χ1) is 9.75. The van der Waals surface area contributed by atoms with Gasteiger partial charge in [0.1, 0.15) is 0 Å². The molecule has 0 bridgehead atoms. The van der Waals surface area contributed by atoms with Gasteiger partial charge in [0.15, 0.2) is 0 Å². The van der Waals surface area contributed by atoms with Crippen LogP contribution in [0.25, 0.3) is 11.9 Å². The number of hydrogen-bond acceptors (Lipinski definition) is 4. The molecule has 20 heavy (non-hydrogen) atoms. The van der Waals surface area contributed by atoms with Gasteiger partial charge in [0, 0.05) is 5.69 Å². The molecule has 3 aromatic rings. The topological polar surface area (TPSA) is 56.0 Å². The Labute approximate surface area is 117 Å². The lowest BCUT2D eigenvalue weighted by molar-refractivity contribution is 0.787. The maximum atomic E-state index is 4.42. The van der Waals surface area contributed by atoms with E-state index in [0.717, 1.165) is 23.4 Å². The van der Waals surface area contributed by atoms with Crippen LogP contribution in [0.2, 0.25) is 0 Å². The minimum Gasteiger partial charge on any atom is -0.215 e. The number of tetrazole rings is 1. The van der Waals surface area contributed by atoms with E-state index in [1.54, 1.807) is 4.52 Å². The van der Waals surface area contributed by atoms with Crippen LogP contribution in [-0.2, 0) is 6.42 Å². The average Bonchev–Trinajstić information content (AvgIpc) is 2.92. The number of fused-ring (bicyclic) bond motifs is 1. The number of aromatic nitrogens is 5. The van der Waals surface area contributed by atoms with Crippen LogP contribution in [-0.4, -0.2) is 25.0 Å². The van der Waals surface area contributed by atoms with E-state index in [1.165, 1.54) is 5.56 Å². The Hall–Kier alpha value is -2.56. The van der Waals surface area contributed by atoms with Crippen molar-refractivity contribution in [1.29, 1.82) is 0 Å². The first-order valence-electron chi connectivity index (χ1n) is 6.51. The van der Waals surface area contributed by atoms with Crippen LogP contribution >= 0.6 is 0 Å². The summed E-state index contributed by atoms with van der Waals surface area (Å²) in [5.74, 6) is 0.552. The normalized spacial score (nSPS) is 11.5. The van der Waals surface area contributed by atoms with Crippen molar-refractivity contribution in [2.75, 3.05) is 0 Å². The van der Waals surface area contributed by atoms with Gasteiger partial charge in [-0.3, -0.25) is 0 Å². The molecule has 0 amide bonds. The fourth-order valence-electron chi connectivity index (χ4n) is 2.25. The molecule has 0 saturated heterocycles. The van der Waals surface area contributed by atoms with Gasteiger partial charge < -0.3 is 0 Å². The summed E-state index contributed by atoms with van der Waals surface area (Å²) >= 11 is 0. The van der Waals surface area contributed by atoms with Crippen molar-refractivity contribution in [2.24, 2.45) is 0 Å². The summed E-state index contributed by atoms with van der Waals surface area (Å²) in [6.07, 6.45) is 5.07. The van der Waals surface area contributed by atoms with Crippen molar-refractivity contribution in [2.45, 2.75) is 20.3 Å². The Balaban J connectivity index is 1.89. The van der Waals surface area contributed by atoms with Crippen molar-refractivity contribution in [3.05, 3.63) is 58.9 Å². The molecule has 5 nitrogen and oxygen atoms in total. The summed E-state index contributed by atoms with van der Waals surface area (Å²) in [5, 5.41) is 11.5. The van der Waals surface area contributed by atoms with E-state index in [0.29, 0.717) is 5.78 Å². The zero-order valence-electron chi connectivity index (χ0n) is 11.5. The van der Waals surface area contributed by atoms with Gasteiger partial charge in [-0.25, -0.2) is 4.98 Å². The van der Waals surface area contributed by atoms with Crippen LogP contribution < -0.4 is 0 Å². The van der Waals surface area contributed by atoms with E-state index in [1.807, 2.05) is 32.0 Å². The lowest BCUT2D eigenvalue weighted by Gasteiger charge is -2.07. The van der Waals surface area contributed by atoms with E-state index >= 15 is 0 Å². The number of aryl methyl sites for hydroxylation is 2. The monoisotopic (exact) mass is 265 g/mol. The van der Waals surface area contributed by atoms with Crippen molar-refractivity contribution < 1.29 is 0 Å². The van der Waals surface area contributed by atoms with Crippen molar-refractivity contribution in [3.63, 3.8) is 0 Å². The van der Waals surface area contributed by atoms with Crippen LogP contribution in [0.3, 0.4) is 0 Å². The molecule has 0 spiro atoms. The largest absolute Gasteiger partial charge is 0.273 e. The van der Waals surface area contributed by atoms with Gasteiger partial charge in [-0.15, -0.1) is 0 Å². The van der Waals surface area contributed by atoms with E-state index in [9.17, 15) is 0 Å². The van der Waals surface area contributed by atoms with E-state index in [4.69, 9.17) is 0 Å². The van der Waals surface area contributed by atoms with Crippen LogP contribution in [0.4, 0.5) is 0 Å². The third kappa shape index (κ3) is 2.30. The highest BCUT2D eigenvalue weighted by Crippen LogP contribution is 2.14. The summed E-state index contributed by atoms with van der Waals surface area (Å²) in [6.45, 7) is 4.01. The molecule has 0 fully saturated rings. The third-order valence-electron chi connectivity index (χ3n) is 3.34. The number of allylic oxidation sites excluding steroid dienone is 1. The molecule has 0 atom stereocenters. The number of benzene rings is 1. The van der Waals surface area contributed by atoms with Gasteiger partial charge in [0.05, 0.1) is 5.69 Å². The van der Waals surface area contributed by atoms with Crippen molar-refractivity contribution >= 4 is 11.9 Å². The SMILES string of the molecule is Cc1nc2nnnn2c(C)c1CC=Cc1ccccc1. The summed E-state index contributed by atoms with van der Waals surface area (Å²) in [5.41, 5.74) is 4.37. The molecule has 100 valence electrons. The first kappa shape index (κ1) is 12.5. The standard InChI is InChI=1S/C15H15N5/c1-11-14(10-6-9-13-7-4-3-5-8-13)12(2)20-15(16-11)17-18-19-20/h3-9H,10H2,1-2H3. The fraction of sp³-hybridized carbons (Fsp3) is 0.200. The predicted octanol–water partition coefficient (Wildman–Crippen LogP) is 2.39. The molecular formula is C15H15N5. The lowest BCUT2D eigenvalue weighted by Crippen LogP contribution is -2.05. The summed E-state index contributed by atoms with van der Waals surface area (Å²) in [4.78, 5) is 4.42. The Morgan fingerprint density at radius 3 is 2.75 bits per heavy atom. The summed E-state index contributed by atoms with van der Waals surface area (Å²) in [6, 6.07) is 10.2. The summed E-state index contributed by atoms with van der Waals surface area (Å²) in [7, 11) is 0. The maximum absolute atomic E-state index is 4.42. The van der Waals surface area contributed by atoms with Gasteiger partial charge >= 0.3 is 0 Å². The zero-order valence-corrected chi connectivity index (χ0v) is 11.5. The van der Waals surface area contributed by atoms with Crippen molar-refractivity contribution in [3.8, 4) is 0 Å². The second kappa shape index (κ2) is 5.21. The van der Waals surface area contributed by atoms with E-state index in [2.05, 4.69) is 44.8 Å². The lowest BCUT2D eigenvalue weighted by atomic mass is 10.1. The quantitative estimate of drug-likeness (QED) is 0.729. The number of rotatable bonds is 3. The molecule has 5 heteroatoms. The predicted molar refractivity (Wildman–Crippen MR) is 77.2 cm³/mol. The second-order valence-corrected chi connectivity index (χ2v) is 4.67. The summed E-state index contributed by atoms with van der Waals surface area (Å²) < 4.78 is 1.68. The molecule has 1 aromatic carbocycles. The Morgan fingerprint density at radius 1 is 1.15 bits per heavy atom. The molecule has 2 heterocycles. The maximum Gasteiger partial charge on any atom is 0.273 e. The Morgan fingerprint density at radius 2 is 1.95 bits per heavy atom. The molecule has 0 saturated carbocycles. The van der Waals surface area contributed by atoms with E-state index < -0.39 is 0 Å². The molecule has 0 radical (unpaired) electrons. The molecule has 0 N–H and O–H groups in total. The highest BCUT2D eigenvalue weighted by atomic mass is 15.5. The van der Waals surface area contributed by atoms with Gasteiger partial charge in [0.25, 0.3) is 5.78 Å². The first-order valence-corrected chi connectivity index (χ1v) is 6.51. The molecule has 0 unspecified atom stereocenters. The highest BCUT2D eigenvalue weighted by molar-refractivity contribution is 5.50. The molecule has 0 aliphatic rings. The van der Waals surface area contributed by atoms with Crippen LogP contribution in [0, 0.1) is 13.8 Å². The molecule has 3 rings (SSSR count). The van der Waals surface area contributed by atoms with Gasteiger partial charge in [0.2, 0.25) is 0 Å². The van der Waals surface area contributed by atoms with E-state index in [-0.39, 0.29) is 0 Å². The zero-order chi connectivity index (χ0) is 13.9. The minimum atomic E-state index is 0.552. The van der Waals surface area contributed by atoms with Crippen LogP contribution in [0.1, 0.15) is 22.5 Å². The van der Waals surface area contributed by atoms with Crippen LogP contribution in [0.5, 0.6) is 0 Å². The van der Waals surface area contributed by atoms with Gasteiger partial charge in [-0.1, -0.05) is 47.6 Å². The smallest absolute Gasteiger partial charge is 0.215 e. The molecule has 0 aliphatic carbocycles.